The van der Waals surface area contributed by atoms with E-state index < -0.39 is 5.97 Å². The van der Waals surface area contributed by atoms with Gasteiger partial charge in [0.1, 0.15) is 6.61 Å². The lowest BCUT2D eigenvalue weighted by Gasteiger charge is -2.16. The summed E-state index contributed by atoms with van der Waals surface area (Å²) in [6, 6.07) is 27.5. The van der Waals surface area contributed by atoms with Crippen molar-refractivity contribution in [3.8, 4) is 17.2 Å². The second kappa shape index (κ2) is 13.0. The highest BCUT2D eigenvalue weighted by Gasteiger charge is 2.20. The zero-order valence-electron chi connectivity index (χ0n) is 22.0. The first-order valence-electron chi connectivity index (χ1n) is 12.8. The molecule has 196 valence electrons. The lowest BCUT2D eigenvalue weighted by Crippen LogP contribution is -2.27. The first-order chi connectivity index (χ1) is 18.9. The number of esters is 1. The van der Waals surface area contributed by atoms with Gasteiger partial charge in [-0.05, 0) is 59.5 Å². The third kappa shape index (κ3) is 7.30. The highest BCUT2D eigenvalue weighted by Crippen LogP contribution is 2.29. The zero-order valence-corrected chi connectivity index (χ0v) is 22.0. The minimum Gasteiger partial charge on any atom is -0.457 e. The van der Waals surface area contributed by atoms with Crippen LogP contribution < -0.4 is 10.6 Å². The molecule has 0 unspecified atom stereocenters. The van der Waals surface area contributed by atoms with Gasteiger partial charge in [0.2, 0.25) is 0 Å². The van der Waals surface area contributed by atoms with Crippen LogP contribution in [-0.2, 0) is 17.9 Å². The molecule has 0 radical (unpaired) electrons. The highest BCUT2D eigenvalue weighted by atomic mass is 16.5. The van der Waals surface area contributed by atoms with Crippen LogP contribution in [0.3, 0.4) is 0 Å². The van der Waals surface area contributed by atoms with Crippen molar-refractivity contribution >= 4 is 17.6 Å². The molecular weight excluding hydrogens is 488 g/mol. The van der Waals surface area contributed by atoms with E-state index in [1.165, 1.54) is 0 Å². The van der Waals surface area contributed by atoms with Crippen LogP contribution in [0.1, 0.15) is 51.4 Å². The van der Waals surface area contributed by atoms with Crippen LogP contribution in [0.2, 0.25) is 0 Å². The molecule has 2 N–H and O–H groups in total. The fourth-order valence-electron chi connectivity index (χ4n) is 3.96. The van der Waals surface area contributed by atoms with E-state index in [-0.39, 0.29) is 18.1 Å². The number of nitrogens with one attached hydrogen (secondary N) is 2. The average Bonchev–Trinajstić information content (AvgIpc) is 2.98. The van der Waals surface area contributed by atoms with Crippen LogP contribution in [0.15, 0.2) is 91.1 Å². The first kappa shape index (κ1) is 27.1. The number of amides is 1. The van der Waals surface area contributed by atoms with E-state index in [1.807, 2.05) is 68.4 Å². The van der Waals surface area contributed by atoms with Crippen LogP contribution in [0.5, 0.6) is 0 Å². The molecule has 7 heteroatoms. The van der Waals surface area contributed by atoms with Crippen molar-refractivity contribution in [1.82, 2.24) is 10.3 Å². The fraction of sp³-hybridized carbons (Fsp3) is 0.188. The Morgan fingerprint density at radius 1 is 0.949 bits per heavy atom. The summed E-state index contributed by atoms with van der Waals surface area (Å²) < 4.78 is 5.67. The number of benzene rings is 3. The third-order valence-electron chi connectivity index (χ3n) is 6.04. The number of aromatic nitrogens is 1. The number of hydrogen-bond donors (Lipinski definition) is 2. The molecular formula is C32H30N4O3. The van der Waals surface area contributed by atoms with Crippen molar-refractivity contribution < 1.29 is 14.3 Å². The molecule has 1 heterocycles. The van der Waals surface area contributed by atoms with E-state index in [2.05, 4.69) is 21.7 Å². The second-order valence-corrected chi connectivity index (χ2v) is 9.47. The van der Waals surface area contributed by atoms with Crippen molar-refractivity contribution in [2.45, 2.75) is 27.0 Å². The topological polar surface area (TPSA) is 104 Å². The lowest BCUT2D eigenvalue weighted by molar-refractivity contribution is 0.0473. The highest BCUT2D eigenvalue weighted by molar-refractivity contribution is 6.02. The quantitative estimate of drug-likeness (QED) is 0.251. The molecule has 0 atom stereocenters. The van der Waals surface area contributed by atoms with Crippen molar-refractivity contribution in [3.63, 3.8) is 0 Å². The maximum Gasteiger partial charge on any atom is 0.339 e. The number of carbonyl (C=O) groups is 2. The van der Waals surface area contributed by atoms with Gasteiger partial charge in [0.05, 0.1) is 29.4 Å². The number of nitrogens with zero attached hydrogens (tertiary/aromatic N) is 2. The molecule has 0 aliphatic heterocycles. The predicted octanol–water partition coefficient (Wildman–Crippen LogP) is 5.98. The molecule has 0 saturated carbocycles. The number of carbonyl (C=O) groups excluding carboxylic acids is 2. The summed E-state index contributed by atoms with van der Waals surface area (Å²) in [4.78, 5) is 30.8. The molecule has 39 heavy (non-hydrogen) atoms. The number of pyridine rings is 1. The van der Waals surface area contributed by atoms with Gasteiger partial charge >= 0.3 is 5.97 Å². The molecule has 1 aromatic heterocycles. The first-order valence-corrected chi connectivity index (χ1v) is 12.8. The molecule has 0 saturated heterocycles. The van der Waals surface area contributed by atoms with E-state index in [0.717, 1.165) is 22.5 Å². The Kier molecular flexibility index (Phi) is 9.04. The molecule has 4 rings (SSSR count). The Balaban J connectivity index is 1.65. The zero-order chi connectivity index (χ0) is 27.6. The Labute approximate surface area is 228 Å². The third-order valence-corrected chi connectivity index (χ3v) is 6.04. The van der Waals surface area contributed by atoms with Gasteiger partial charge in [0, 0.05) is 29.6 Å². The SMILES string of the molecule is CC(C)CNC(=O)c1ccc(-c2cccnc2CNc2ccc(C#N)cc2)c(C(=O)OCc2ccccc2)c1. The van der Waals surface area contributed by atoms with Gasteiger partial charge < -0.3 is 15.4 Å². The van der Waals surface area contributed by atoms with E-state index in [0.29, 0.717) is 35.7 Å². The Bertz CT molecular complexity index is 1480. The van der Waals surface area contributed by atoms with Gasteiger partial charge in [0.25, 0.3) is 5.91 Å². The van der Waals surface area contributed by atoms with E-state index in [9.17, 15) is 9.59 Å². The maximum atomic E-state index is 13.4. The van der Waals surface area contributed by atoms with Crippen LogP contribution in [-0.4, -0.2) is 23.4 Å². The number of rotatable bonds is 10. The largest absolute Gasteiger partial charge is 0.457 e. The Morgan fingerprint density at radius 2 is 1.72 bits per heavy atom. The summed E-state index contributed by atoms with van der Waals surface area (Å²) in [6.07, 6.45) is 1.69. The number of anilines is 1. The normalized spacial score (nSPS) is 10.5. The standard InChI is InChI=1S/C32H30N4O3/c1-22(2)19-36-31(37)25-12-15-27(29(17-25)32(38)39-21-24-7-4-3-5-8-24)28-9-6-16-34-30(28)20-35-26-13-10-23(18-33)11-14-26/h3-17,22,35H,19-21H2,1-2H3,(H,36,37). The van der Waals surface area contributed by atoms with Crippen molar-refractivity contribution in [1.29, 1.82) is 5.26 Å². The summed E-state index contributed by atoms with van der Waals surface area (Å²) in [7, 11) is 0. The summed E-state index contributed by atoms with van der Waals surface area (Å²) in [5.74, 6) is -0.478. The minimum absolute atomic E-state index is 0.114. The van der Waals surface area contributed by atoms with Gasteiger partial charge in [0.15, 0.2) is 0 Å². The summed E-state index contributed by atoms with van der Waals surface area (Å²) >= 11 is 0. The predicted molar refractivity (Wildman–Crippen MR) is 151 cm³/mol. The molecule has 0 aliphatic rings. The van der Waals surface area contributed by atoms with Crippen molar-refractivity contribution in [2.75, 3.05) is 11.9 Å². The smallest absolute Gasteiger partial charge is 0.339 e. The molecule has 0 fully saturated rings. The fourth-order valence-corrected chi connectivity index (χ4v) is 3.96. The Hall–Kier alpha value is -4.96. The molecule has 7 nitrogen and oxygen atoms in total. The second-order valence-electron chi connectivity index (χ2n) is 9.47. The lowest BCUT2D eigenvalue weighted by atomic mass is 9.95. The summed E-state index contributed by atoms with van der Waals surface area (Å²) in [5.41, 5.74) is 5.05. The van der Waals surface area contributed by atoms with Crippen LogP contribution in [0.4, 0.5) is 5.69 Å². The molecule has 0 bridgehead atoms. The van der Waals surface area contributed by atoms with Gasteiger partial charge in [-0.1, -0.05) is 56.3 Å². The molecule has 0 aliphatic carbocycles. The minimum atomic E-state index is -0.526. The monoisotopic (exact) mass is 518 g/mol. The van der Waals surface area contributed by atoms with Crippen molar-refractivity contribution in [2.24, 2.45) is 5.92 Å². The van der Waals surface area contributed by atoms with Gasteiger partial charge in [-0.2, -0.15) is 5.26 Å². The van der Waals surface area contributed by atoms with Crippen molar-refractivity contribution in [3.05, 3.63) is 119 Å². The van der Waals surface area contributed by atoms with Gasteiger partial charge in [-0.15, -0.1) is 0 Å². The maximum absolute atomic E-state index is 13.4. The molecule has 1 amide bonds. The molecule has 0 spiro atoms. The summed E-state index contributed by atoms with van der Waals surface area (Å²) in [6.45, 7) is 5.07. The number of ether oxygens (including phenoxy) is 1. The van der Waals surface area contributed by atoms with Crippen LogP contribution in [0, 0.1) is 17.2 Å². The number of nitriles is 1. The summed E-state index contributed by atoms with van der Waals surface area (Å²) in [5, 5.41) is 15.3. The van der Waals surface area contributed by atoms with Crippen LogP contribution in [0.25, 0.3) is 11.1 Å². The van der Waals surface area contributed by atoms with Gasteiger partial charge in [-0.3, -0.25) is 9.78 Å². The molecule has 4 aromatic rings. The van der Waals surface area contributed by atoms with E-state index >= 15 is 0 Å². The number of hydrogen-bond acceptors (Lipinski definition) is 6. The Morgan fingerprint density at radius 3 is 2.44 bits per heavy atom. The van der Waals surface area contributed by atoms with Crippen LogP contribution >= 0.6 is 0 Å². The average molecular weight is 519 g/mol. The van der Waals surface area contributed by atoms with E-state index in [4.69, 9.17) is 10.00 Å². The van der Waals surface area contributed by atoms with E-state index in [1.54, 1.807) is 36.5 Å². The molecule has 3 aromatic carbocycles. The van der Waals surface area contributed by atoms with Gasteiger partial charge in [-0.25, -0.2) is 4.79 Å².